The van der Waals surface area contributed by atoms with E-state index in [2.05, 4.69) is 5.32 Å². The van der Waals surface area contributed by atoms with Crippen molar-refractivity contribution in [2.24, 2.45) is 0 Å². The number of methoxy groups -OCH3 is 1. The lowest BCUT2D eigenvalue weighted by molar-refractivity contribution is 0.00842. The third-order valence-corrected chi connectivity index (χ3v) is 2.91. The second-order valence-electron chi connectivity index (χ2n) is 4.04. The van der Waals surface area contributed by atoms with Crippen molar-refractivity contribution < 1.29 is 14.2 Å². The SMILES string of the molecule is COC1CC(NC2COCCOC2)C1. The van der Waals surface area contributed by atoms with Gasteiger partial charge in [-0.15, -0.1) is 0 Å². The van der Waals surface area contributed by atoms with Crippen molar-refractivity contribution in [2.75, 3.05) is 33.5 Å². The number of hydrogen-bond acceptors (Lipinski definition) is 4. The standard InChI is InChI=1S/C10H19NO3/c1-12-10-4-8(5-10)11-9-6-13-2-3-14-7-9/h8-11H,2-7H2,1H3. The molecule has 1 N–H and O–H groups in total. The van der Waals surface area contributed by atoms with Crippen molar-refractivity contribution in [3.05, 3.63) is 0 Å². The van der Waals surface area contributed by atoms with E-state index in [9.17, 15) is 0 Å². The predicted octanol–water partition coefficient (Wildman–Crippen LogP) is 0.169. The van der Waals surface area contributed by atoms with Gasteiger partial charge in [-0.05, 0) is 12.8 Å². The molecule has 0 unspecified atom stereocenters. The molecule has 0 aromatic carbocycles. The Hall–Kier alpha value is -0.160. The third kappa shape index (κ3) is 2.67. The van der Waals surface area contributed by atoms with E-state index in [1.54, 1.807) is 7.11 Å². The van der Waals surface area contributed by atoms with Crippen LogP contribution in [0.25, 0.3) is 0 Å². The molecule has 0 spiro atoms. The minimum Gasteiger partial charge on any atom is -0.381 e. The van der Waals surface area contributed by atoms with Crippen molar-refractivity contribution in [1.82, 2.24) is 5.32 Å². The molecule has 1 saturated carbocycles. The lowest BCUT2D eigenvalue weighted by Crippen LogP contribution is -2.51. The van der Waals surface area contributed by atoms with Gasteiger partial charge in [-0.2, -0.15) is 0 Å². The Morgan fingerprint density at radius 1 is 1.07 bits per heavy atom. The van der Waals surface area contributed by atoms with Crippen molar-refractivity contribution in [3.63, 3.8) is 0 Å². The van der Waals surface area contributed by atoms with E-state index in [1.165, 1.54) is 0 Å². The number of hydrogen-bond donors (Lipinski definition) is 1. The highest BCUT2D eigenvalue weighted by Crippen LogP contribution is 2.23. The zero-order chi connectivity index (χ0) is 9.80. The van der Waals surface area contributed by atoms with Crippen LogP contribution < -0.4 is 5.32 Å². The fourth-order valence-electron chi connectivity index (χ4n) is 1.94. The van der Waals surface area contributed by atoms with Gasteiger partial charge in [0.25, 0.3) is 0 Å². The Balaban J connectivity index is 1.64. The van der Waals surface area contributed by atoms with Crippen molar-refractivity contribution in [3.8, 4) is 0 Å². The zero-order valence-corrected chi connectivity index (χ0v) is 8.70. The van der Waals surface area contributed by atoms with E-state index >= 15 is 0 Å². The summed E-state index contributed by atoms with van der Waals surface area (Å²) >= 11 is 0. The van der Waals surface area contributed by atoms with Crippen LogP contribution in [0.4, 0.5) is 0 Å². The van der Waals surface area contributed by atoms with Crippen LogP contribution in [-0.4, -0.2) is 51.7 Å². The Morgan fingerprint density at radius 3 is 2.29 bits per heavy atom. The summed E-state index contributed by atoms with van der Waals surface area (Å²) in [7, 11) is 1.78. The van der Waals surface area contributed by atoms with Crippen LogP contribution in [0, 0.1) is 0 Å². The highest BCUT2D eigenvalue weighted by molar-refractivity contribution is 4.88. The molecule has 1 aliphatic carbocycles. The van der Waals surface area contributed by atoms with Gasteiger partial charge in [-0.3, -0.25) is 0 Å². The summed E-state index contributed by atoms with van der Waals surface area (Å²) < 4.78 is 16.0. The summed E-state index contributed by atoms with van der Waals surface area (Å²) in [5.41, 5.74) is 0. The molecule has 0 aromatic rings. The molecule has 4 nitrogen and oxygen atoms in total. The maximum Gasteiger partial charge on any atom is 0.0701 e. The van der Waals surface area contributed by atoms with Gasteiger partial charge >= 0.3 is 0 Å². The van der Waals surface area contributed by atoms with E-state index in [0.717, 1.165) is 39.3 Å². The van der Waals surface area contributed by atoms with Crippen LogP contribution in [0.15, 0.2) is 0 Å². The molecule has 1 saturated heterocycles. The van der Waals surface area contributed by atoms with Gasteiger partial charge in [0.05, 0.1) is 38.6 Å². The molecule has 0 radical (unpaired) electrons. The largest absolute Gasteiger partial charge is 0.381 e. The fraction of sp³-hybridized carbons (Fsp3) is 1.00. The molecule has 1 heterocycles. The summed E-state index contributed by atoms with van der Waals surface area (Å²) in [6.07, 6.45) is 2.69. The normalized spacial score (nSPS) is 34.9. The van der Waals surface area contributed by atoms with Crippen LogP contribution in [-0.2, 0) is 14.2 Å². The highest BCUT2D eigenvalue weighted by Gasteiger charge is 2.30. The summed E-state index contributed by atoms with van der Waals surface area (Å²) in [4.78, 5) is 0. The Morgan fingerprint density at radius 2 is 1.71 bits per heavy atom. The zero-order valence-electron chi connectivity index (χ0n) is 8.70. The lowest BCUT2D eigenvalue weighted by atomic mass is 9.89. The van der Waals surface area contributed by atoms with E-state index < -0.39 is 0 Å². The predicted molar refractivity (Wildman–Crippen MR) is 52.4 cm³/mol. The van der Waals surface area contributed by atoms with Gasteiger partial charge in [0.2, 0.25) is 0 Å². The van der Waals surface area contributed by atoms with Crippen LogP contribution >= 0.6 is 0 Å². The quantitative estimate of drug-likeness (QED) is 0.706. The molecule has 0 amide bonds. The molecule has 2 rings (SSSR count). The van der Waals surface area contributed by atoms with Gasteiger partial charge in [0.15, 0.2) is 0 Å². The topological polar surface area (TPSA) is 39.7 Å². The van der Waals surface area contributed by atoms with Crippen LogP contribution in [0.3, 0.4) is 0 Å². The van der Waals surface area contributed by atoms with Crippen LogP contribution in [0.1, 0.15) is 12.8 Å². The van der Waals surface area contributed by atoms with Gasteiger partial charge in [-0.25, -0.2) is 0 Å². The molecule has 0 aromatic heterocycles. The van der Waals surface area contributed by atoms with E-state index in [-0.39, 0.29) is 0 Å². The molecule has 14 heavy (non-hydrogen) atoms. The molecule has 82 valence electrons. The van der Waals surface area contributed by atoms with Gasteiger partial charge in [0, 0.05) is 13.2 Å². The molecule has 0 atom stereocenters. The smallest absolute Gasteiger partial charge is 0.0701 e. The van der Waals surface area contributed by atoms with E-state index in [4.69, 9.17) is 14.2 Å². The van der Waals surface area contributed by atoms with E-state index in [1.807, 2.05) is 0 Å². The Bertz CT molecular complexity index is 163. The first-order valence-electron chi connectivity index (χ1n) is 5.33. The fourth-order valence-corrected chi connectivity index (χ4v) is 1.94. The first-order chi connectivity index (χ1) is 6.88. The van der Waals surface area contributed by atoms with Crippen LogP contribution in [0.5, 0.6) is 0 Å². The molecule has 4 heteroatoms. The molecule has 2 aliphatic rings. The number of rotatable bonds is 3. The second kappa shape index (κ2) is 5.07. The summed E-state index contributed by atoms with van der Waals surface area (Å²) in [6.45, 7) is 3.00. The molecule has 2 fully saturated rings. The summed E-state index contributed by atoms with van der Waals surface area (Å²) in [5.74, 6) is 0. The molecule has 1 aliphatic heterocycles. The highest BCUT2D eigenvalue weighted by atomic mass is 16.5. The van der Waals surface area contributed by atoms with Gasteiger partial charge in [0.1, 0.15) is 0 Å². The van der Waals surface area contributed by atoms with Crippen molar-refractivity contribution in [2.45, 2.75) is 31.0 Å². The monoisotopic (exact) mass is 201 g/mol. The number of ether oxygens (including phenoxy) is 3. The van der Waals surface area contributed by atoms with Crippen molar-refractivity contribution >= 4 is 0 Å². The number of nitrogens with one attached hydrogen (secondary N) is 1. The lowest BCUT2D eigenvalue weighted by Gasteiger charge is -2.37. The second-order valence-corrected chi connectivity index (χ2v) is 4.04. The molecular formula is C10H19NO3. The first-order valence-corrected chi connectivity index (χ1v) is 5.33. The minimum absolute atomic E-state index is 0.361. The van der Waals surface area contributed by atoms with Gasteiger partial charge in [-0.1, -0.05) is 0 Å². The Kier molecular flexibility index (Phi) is 3.75. The maximum atomic E-state index is 5.41. The average Bonchev–Trinajstić information content (AvgIpc) is 2.38. The Labute approximate surface area is 84.9 Å². The summed E-state index contributed by atoms with van der Waals surface area (Å²) in [6, 6.07) is 0.954. The molecule has 0 bridgehead atoms. The minimum atomic E-state index is 0.361. The van der Waals surface area contributed by atoms with Crippen LogP contribution in [0.2, 0.25) is 0 Å². The van der Waals surface area contributed by atoms with E-state index in [0.29, 0.717) is 18.2 Å². The average molecular weight is 201 g/mol. The summed E-state index contributed by atoms with van der Waals surface area (Å²) in [5, 5.41) is 3.53. The van der Waals surface area contributed by atoms with Gasteiger partial charge < -0.3 is 19.5 Å². The molecular weight excluding hydrogens is 182 g/mol. The first kappa shape index (κ1) is 10.4. The maximum absolute atomic E-state index is 5.41. The van der Waals surface area contributed by atoms with Crippen molar-refractivity contribution in [1.29, 1.82) is 0 Å². The third-order valence-electron chi connectivity index (χ3n) is 2.91.